The molecular weight excluding hydrogens is 266 g/mol. The van der Waals surface area contributed by atoms with Crippen LogP contribution < -0.4 is 9.47 Å². The quantitative estimate of drug-likeness (QED) is 0.886. The Morgan fingerprint density at radius 3 is 2.33 bits per heavy atom. The van der Waals surface area contributed by atoms with E-state index in [1.165, 1.54) is 0 Å². The van der Waals surface area contributed by atoms with Gasteiger partial charge in [0.25, 0.3) is 0 Å². The first kappa shape index (κ1) is 15.3. The number of aromatic nitrogens is 1. The highest BCUT2D eigenvalue weighted by molar-refractivity contribution is 5.30. The number of nitrogens with zero attached hydrogens (tertiary/aromatic N) is 1. The molecule has 1 atom stereocenters. The van der Waals surface area contributed by atoms with Gasteiger partial charge in [0.2, 0.25) is 5.88 Å². The van der Waals surface area contributed by atoms with Crippen LogP contribution >= 0.6 is 0 Å². The van der Waals surface area contributed by atoms with Crippen molar-refractivity contribution >= 4 is 0 Å². The lowest BCUT2D eigenvalue weighted by Gasteiger charge is -2.13. The van der Waals surface area contributed by atoms with E-state index in [4.69, 9.17) is 9.47 Å². The molecule has 0 saturated carbocycles. The number of rotatable bonds is 6. The van der Waals surface area contributed by atoms with E-state index in [-0.39, 0.29) is 6.10 Å². The monoisotopic (exact) mass is 287 g/mol. The lowest BCUT2D eigenvalue weighted by molar-refractivity contribution is 0.178. The summed E-state index contributed by atoms with van der Waals surface area (Å²) in [4.78, 5) is 4.14. The van der Waals surface area contributed by atoms with Gasteiger partial charge in [0.1, 0.15) is 5.75 Å². The Balaban J connectivity index is 2.00. The first-order valence-corrected chi connectivity index (χ1v) is 7.02. The molecule has 2 rings (SSSR count). The van der Waals surface area contributed by atoms with E-state index >= 15 is 0 Å². The summed E-state index contributed by atoms with van der Waals surface area (Å²) in [6.45, 7) is 3.97. The predicted molar refractivity (Wildman–Crippen MR) is 81.7 cm³/mol. The van der Waals surface area contributed by atoms with Gasteiger partial charge in [-0.15, -0.1) is 0 Å². The van der Waals surface area contributed by atoms with Gasteiger partial charge in [-0.2, -0.15) is 0 Å². The summed E-state index contributed by atoms with van der Waals surface area (Å²) >= 11 is 0. The van der Waals surface area contributed by atoms with Crippen molar-refractivity contribution in [3.05, 3.63) is 53.7 Å². The van der Waals surface area contributed by atoms with E-state index in [0.29, 0.717) is 12.3 Å². The molecule has 4 heteroatoms. The van der Waals surface area contributed by atoms with Crippen molar-refractivity contribution in [2.24, 2.45) is 0 Å². The number of benzene rings is 1. The topological polar surface area (TPSA) is 51.6 Å². The summed E-state index contributed by atoms with van der Waals surface area (Å²) in [5, 5.41) is 10.3. The van der Waals surface area contributed by atoms with Gasteiger partial charge in [-0.25, -0.2) is 4.98 Å². The molecule has 1 unspecified atom stereocenters. The zero-order chi connectivity index (χ0) is 15.2. The Hall–Kier alpha value is -2.07. The molecule has 0 bridgehead atoms. The smallest absolute Gasteiger partial charge is 0.212 e. The van der Waals surface area contributed by atoms with Gasteiger partial charge in [-0.1, -0.05) is 18.2 Å². The van der Waals surface area contributed by atoms with Crippen LogP contribution in [0.3, 0.4) is 0 Å². The minimum absolute atomic E-state index is 0.145. The number of methoxy groups -OCH3 is 1. The van der Waals surface area contributed by atoms with E-state index in [2.05, 4.69) is 4.98 Å². The summed E-state index contributed by atoms with van der Waals surface area (Å²) in [5.41, 5.74) is 1.83. The van der Waals surface area contributed by atoms with Crippen molar-refractivity contribution in [2.45, 2.75) is 32.5 Å². The van der Waals surface area contributed by atoms with Crippen LogP contribution in [0.5, 0.6) is 11.6 Å². The molecule has 0 aliphatic rings. The van der Waals surface area contributed by atoms with Gasteiger partial charge in [0, 0.05) is 18.7 Å². The van der Waals surface area contributed by atoms with Gasteiger partial charge in [0.15, 0.2) is 0 Å². The molecule has 2 aromatic rings. The van der Waals surface area contributed by atoms with Gasteiger partial charge >= 0.3 is 0 Å². The van der Waals surface area contributed by atoms with Crippen LogP contribution in [0.25, 0.3) is 0 Å². The van der Waals surface area contributed by atoms with Crippen molar-refractivity contribution in [1.29, 1.82) is 0 Å². The third-order valence-electron chi connectivity index (χ3n) is 3.07. The maximum Gasteiger partial charge on any atom is 0.212 e. The van der Waals surface area contributed by atoms with Crippen LogP contribution in [0.4, 0.5) is 0 Å². The second kappa shape index (κ2) is 7.09. The summed E-state index contributed by atoms with van der Waals surface area (Å²) < 4.78 is 10.6. The molecule has 1 aromatic carbocycles. The van der Waals surface area contributed by atoms with E-state index in [9.17, 15) is 5.11 Å². The Morgan fingerprint density at radius 2 is 1.81 bits per heavy atom. The molecule has 1 N–H and O–H groups in total. The standard InChI is InChI=1S/C17H21NO3/c1-12(2)21-15-7-5-14(6-8-15)16(19)10-13-4-9-17(20-3)18-11-13/h4-9,11-12,16,19H,10H2,1-3H3. The van der Waals surface area contributed by atoms with Crippen LogP contribution in [0, 0.1) is 0 Å². The van der Waals surface area contributed by atoms with Gasteiger partial charge in [0.05, 0.1) is 19.3 Å². The van der Waals surface area contributed by atoms with Gasteiger partial charge in [-0.05, 0) is 37.1 Å². The van der Waals surface area contributed by atoms with Gasteiger partial charge < -0.3 is 14.6 Å². The fourth-order valence-electron chi connectivity index (χ4n) is 2.03. The summed E-state index contributed by atoms with van der Waals surface area (Å²) in [7, 11) is 1.58. The minimum atomic E-state index is -0.562. The molecular formula is C17H21NO3. The third-order valence-corrected chi connectivity index (χ3v) is 3.07. The normalized spacial score (nSPS) is 12.2. The maximum absolute atomic E-state index is 10.3. The molecule has 0 aliphatic heterocycles. The van der Waals surface area contributed by atoms with E-state index in [1.807, 2.05) is 44.2 Å². The van der Waals surface area contributed by atoms with Crippen LogP contribution in [0.1, 0.15) is 31.1 Å². The second-order valence-electron chi connectivity index (χ2n) is 5.16. The lowest BCUT2D eigenvalue weighted by atomic mass is 10.0. The van der Waals surface area contributed by atoms with Crippen molar-refractivity contribution in [3.63, 3.8) is 0 Å². The molecule has 1 heterocycles. The third kappa shape index (κ3) is 4.46. The van der Waals surface area contributed by atoms with Crippen molar-refractivity contribution in [1.82, 2.24) is 4.98 Å². The van der Waals surface area contributed by atoms with Crippen LogP contribution in [0.2, 0.25) is 0 Å². The molecule has 0 fully saturated rings. The van der Waals surface area contributed by atoms with Crippen molar-refractivity contribution in [3.8, 4) is 11.6 Å². The Bertz CT molecular complexity index is 549. The number of hydrogen-bond acceptors (Lipinski definition) is 4. The molecule has 21 heavy (non-hydrogen) atoms. The largest absolute Gasteiger partial charge is 0.491 e. The van der Waals surface area contributed by atoms with Crippen LogP contribution in [-0.4, -0.2) is 23.3 Å². The Morgan fingerprint density at radius 1 is 1.10 bits per heavy atom. The molecule has 0 amide bonds. The van der Waals surface area contributed by atoms with Crippen LogP contribution in [0.15, 0.2) is 42.6 Å². The highest BCUT2D eigenvalue weighted by Gasteiger charge is 2.09. The first-order chi connectivity index (χ1) is 10.1. The number of pyridine rings is 1. The number of hydrogen-bond donors (Lipinski definition) is 1. The highest BCUT2D eigenvalue weighted by Crippen LogP contribution is 2.22. The van der Waals surface area contributed by atoms with E-state index in [0.717, 1.165) is 16.9 Å². The molecule has 0 aliphatic carbocycles. The predicted octanol–water partition coefficient (Wildman–Crippen LogP) is 3.15. The minimum Gasteiger partial charge on any atom is -0.491 e. The van der Waals surface area contributed by atoms with Crippen molar-refractivity contribution < 1.29 is 14.6 Å². The molecule has 0 radical (unpaired) electrons. The number of aliphatic hydroxyl groups is 1. The maximum atomic E-state index is 10.3. The Labute approximate surface area is 125 Å². The zero-order valence-corrected chi connectivity index (χ0v) is 12.6. The number of ether oxygens (including phenoxy) is 2. The van der Waals surface area contributed by atoms with Crippen molar-refractivity contribution in [2.75, 3.05) is 7.11 Å². The zero-order valence-electron chi connectivity index (χ0n) is 12.6. The van der Waals surface area contributed by atoms with Crippen LogP contribution in [-0.2, 0) is 6.42 Å². The fraction of sp³-hybridized carbons (Fsp3) is 0.353. The molecule has 0 spiro atoms. The summed E-state index contributed by atoms with van der Waals surface area (Å²) in [6.07, 6.45) is 1.82. The average molecular weight is 287 g/mol. The summed E-state index contributed by atoms with van der Waals surface area (Å²) in [5.74, 6) is 1.38. The Kier molecular flexibility index (Phi) is 5.17. The lowest BCUT2D eigenvalue weighted by Crippen LogP contribution is -2.06. The molecule has 0 saturated heterocycles. The molecule has 1 aromatic heterocycles. The highest BCUT2D eigenvalue weighted by atomic mass is 16.5. The average Bonchev–Trinajstić information content (AvgIpc) is 2.48. The SMILES string of the molecule is COc1ccc(CC(O)c2ccc(OC(C)C)cc2)cn1. The fourth-order valence-corrected chi connectivity index (χ4v) is 2.03. The molecule has 112 valence electrons. The summed E-state index contributed by atoms with van der Waals surface area (Å²) in [6, 6.07) is 11.2. The first-order valence-electron chi connectivity index (χ1n) is 7.02. The molecule has 4 nitrogen and oxygen atoms in total. The van der Waals surface area contributed by atoms with Gasteiger partial charge in [-0.3, -0.25) is 0 Å². The van der Waals surface area contributed by atoms with E-state index < -0.39 is 6.10 Å². The number of aliphatic hydroxyl groups excluding tert-OH is 1. The second-order valence-corrected chi connectivity index (χ2v) is 5.16. The van der Waals surface area contributed by atoms with E-state index in [1.54, 1.807) is 19.4 Å².